The fourth-order valence-corrected chi connectivity index (χ4v) is 5.18. The van der Waals surface area contributed by atoms with Crippen LogP contribution in [0.1, 0.15) is 34.2 Å². The van der Waals surface area contributed by atoms with Crippen molar-refractivity contribution in [3.05, 3.63) is 135 Å². The van der Waals surface area contributed by atoms with E-state index in [1.165, 1.54) is 27.8 Å². The van der Waals surface area contributed by atoms with Crippen molar-refractivity contribution >= 4 is 76.6 Å². The van der Waals surface area contributed by atoms with Gasteiger partial charge in [-0.1, -0.05) is 114 Å². The van der Waals surface area contributed by atoms with Crippen LogP contribution in [0.4, 0.5) is 11.4 Å². The Bertz CT molecular complexity index is 1610. The minimum absolute atomic E-state index is 0. The summed E-state index contributed by atoms with van der Waals surface area (Å²) in [5.41, 5.74) is 8.41. The van der Waals surface area contributed by atoms with E-state index < -0.39 is 18.5 Å². The number of benzene rings is 4. The van der Waals surface area contributed by atoms with E-state index in [0.717, 1.165) is 13.0 Å². The SMILES string of the molecule is CN(C)CCC=C1c2ccccc2C=Cc2ccccc21.Cl.O=C(O)COC(=O)Cc1ccccc1Nc1c(Cl)cccc1Cl. The fourth-order valence-electron chi connectivity index (χ4n) is 4.68. The maximum absolute atomic E-state index is 11.7. The minimum Gasteiger partial charge on any atom is -0.479 e. The smallest absolute Gasteiger partial charge is 0.341 e. The number of anilines is 2. The number of rotatable bonds is 9. The van der Waals surface area contributed by atoms with Gasteiger partial charge in [0.05, 0.1) is 22.2 Å². The molecule has 0 saturated carbocycles. The van der Waals surface area contributed by atoms with E-state index in [1.54, 1.807) is 42.5 Å². The zero-order chi connectivity index (χ0) is 31.5. The van der Waals surface area contributed by atoms with Gasteiger partial charge in [0.25, 0.3) is 0 Å². The largest absolute Gasteiger partial charge is 0.479 e. The minimum atomic E-state index is -1.20. The number of aliphatic carboxylic acids is 1. The molecule has 0 atom stereocenters. The first kappa shape index (κ1) is 35.4. The molecule has 0 bridgehead atoms. The third-order valence-electron chi connectivity index (χ3n) is 6.80. The Hall–Kier alpha value is -4.07. The average Bonchev–Trinajstić information content (AvgIpc) is 3.16. The Morgan fingerprint density at radius 3 is 1.96 bits per heavy atom. The lowest BCUT2D eigenvalue weighted by Crippen LogP contribution is -2.15. The van der Waals surface area contributed by atoms with Crippen LogP contribution >= 0.6 is 35.6 Å². The topological polar surface area (TPSA) is 78.9 Å². The highest BCUT2D eigenvalue weighted by atomic mass is 35.5. The molecule has 0 aromatic heterocycles. The van der Waals surface area contributed by atoms with Gasteiger partial charge in [0.1, 0.15) is 0 Å². The highest BCUT2D eigenvalue weighted by Gasteiger charge is 2.15. The van der Waals surface area contributed by atoms with Crippen LogP contribution in [0, 0.1) is 0 Å². The molecule has 0 spiro atoms. The normalized spacial score (nSPS) is 11.2. The number of fused-ring (bicyclic) bond motifs is 2. The molecule has 1 aliphatic rings. The molecule has 0 radical (unpaired) electrons. The summed E-state index contributed by atoms with van der Waals surface area (Å²) in [5, 5.41) is 12.5. The summed E-state index contributed by atoms with van der Waals surface area (Å²) < 4.78 is 4.64. The molecule has 1 aliphatic carbocycles. The summed E-state index contributed by atoms with van der Waals surface area (Å²) in [6.07, 6.45) is 7.82. The van der Waals surface area contributed by atoms with Gasteiger partial charge in [0.15, 0.2) is 6.61 Å². The Labute approximate surface area is 280 Å². The summed E-state index contributed by atoms with van der Waals surface area (Å²) in [4.78, 5) is 24.3. The van der Waals surface area contributed by atoms with Crippen molar-refractivity contribution in [1.29, 1.82) is 0 Å². The summed E-state index contributed by atoms with van der Waals surface area (Å²) in [7, 11) is 4.24. The first-order valence-corrected chi connectivity index (χ1v) is 14.9. The number of hydrogen-bond donors (Lipinski definition) is 2. The molecule has 0 heterocycles. The molecule has 0 aliphatic heterocycles. The lowest BCUT2D eigenvalue weighted by atomic mass is 9.93. The summed E-state index contributed by atoms with van der Waals surface area (Å²) >= 11 is 12.2. The average molecular weight is 666 g/mol. The predicted molar refractivity (Wildman–Crippen MR) is 188 cm³/mol. The van der Waals surface area contributed by atoms with E-state index in [1.807, 2.05) is 0 Å². The number of hydrogen-bond acceptors (Lipinski definition) is 5. The lowest BCUT2D eigenvalue weighted by molar-refractivity contribution is -0.154. The summed E-state index contributed by atoms with van der Waals surface area (Å²) in [6, 6.07) is 29.5. The molecule has 6 nitrogen and oxygen atoms in total. The van der Waals surface area contributed by atoms with Crippen LogP contribution in [0.25, 0.3) is 17.7 Å². The van der Waals surface area contributed by atoms with Crippen molar-refractivity contribution in [2.45, 2.75) is 12.8 Å². The van der Waals surface area contributed by atoms with Crippen molar-refractivity contribution in [2.24, 2.45) is 0 Å². The van der Waals surface area contributed by atoms with Crippen LogP contribution in [0.3, 0.4) is 0 Å². The number of carboxylic acids is 1. The zero-order valence-electron chi connectivity index (χ0n) is 25.0. The van der Waals surface area contributed by atoms with Gasteiger partial charge >= 0.3 is 11.9 Å². The van der Waals surface area contributed by atoms with Crippen LogP contribution < -0.4 is 5.32 Å². The second-order valence-corrected chi connectivity index (χ2v) is 11.1. The van der Waals surface area contributed by atoms with Crippen LogP contribution in [0.2, 0.25) is 10.0 Å². The van der Waals surface area contributed by atoms with Gasteiger partial charge in [-0.3, -0.25) is 4.79 Å². The Kier molecular flexibility index (Phi) is 13.7. The van der Waals surface area contributed by atoms with E-state index >= 15 is 0 Å². The summed E-state index contributed by atoms with van der Waals surface area (Å²) in [6.45, 7) is 0.409. The Morgan fingerprint density at radius 1 is 0.822 bits per heavy atom. The maximum Gasteiger partial charge on any atom is 0.341 e. The number of halogens is 3. The number of nitrogens with zero attached hydrogens (tertiary/aromatic N) is 1. The van der Waals surface area contributed by atoms with Crippen LogP contribution in [0.15, 0.2) is 97.1 Å². The van der Waals surface area contributed by atoms with Gasteiger partial charge in [0, 0.05) is 12.2 Å². The molecule has 5 rings (SSSR count). The van der Waals surface area contributed by atoms with Crippen molar-refractivity contribution in [3.8, 4) is 0 Å². The van der Waals surface area contributed by atoms with Gasteiger partial charge in [0.2, 0.25) is 0 Å². The van der Waals surface area contributed by atoms with E-state index in [-0.39, 0.29) is 18.8 Å². The highest BCUT2D eigenvalue weighted by Crippen LogP contribution is 2.35. The standard InChI is InChI=1S/C20H21N.C16H13Cl2NO4.ClH/c1-21(2)15-7-12-20-18-10-5-3-8-16(18)13-14-17-9-4-6-11-19(17)20;17-11-5-3-6-12(18)16(11)19-13-7-2-1-4-10(13)8-15(22)23-9-14(20)21;/h3-6,8-14H,7,15H2,1-2H3;1-7,19H,8-9H2,(H,20,21);1H. The molecule has 2 N–H and O–H groups in total. The quantitative estimate of drug-likeness (QED) is 0.153. The Morgan fingerprint density at radius 2 is 1.38 bits per heavy atom. The number of carbonyl (C=O) groups is 2. The number of carbonyl (C=O) groups excluding carboxylic acids is 1. The first-order chi connectivity index (χ1) is 21.2. The number of carboxylic acid groups (broad SMARTS) is 1. The van der Waals surface area contributed by atoms with Crippen LogP contribution in [0.5, 0.6) is 0 Å². The van der Waals surface area contributed by atoms with Crippen molar-refractivity contribution in [2.75, 3.05) is 32.6 Å². The molecular weight excluding hydrogens is 631 g/mol. The predicted octanol–water partition coefficient (Wildman–Crippen LogP) is 8.88. The lowest BCUT2D eigenvalue weighted by Gasteiger charge is -2.14. The third kappa shape index (κ3) is 10.2. The summed E-state index contributed by atoms with van der Waals surface area (Å²) in [5.74, 6) is -1.83. The fraction of sp³-hybridized carbons (Fsp3) is 0.167. The van der Waals surface area contributed by atoms with Gasteiger partial charge in [-0.05, 0) is 72.1 Å². The van der Waals surface area contributed by atoms with Crippen LogP contribution in [-0.4, -0.2) is 49.2 Å². The molecule has 4 aromatic carbocycles. The Balaban J connectivity index is 0.000000241. The molecule has 0 fully saturated rings. The molecule has 0 saturated heterocycles. The molecule has 4 aromatic rings. The molecule has 9 heteroatoms. The second-order valence-electron chi connectivity index (χ2n) is 10.3. The highest BCUT2D eigenvalue weighted by molar-refractivity contribution is 6.39. The van der Waals surface area contributed by atoms with Gasteiger partial charge in [-0.25, -0.2) is 4.79 Å². The number of esters is 1. The van der Waals surface area contributed by atoms with E-state index in [9.17, 15) is 9.59 Å². The maximum atomic E-state index is 11.7. The van der Waals surface area contributed by atoms with E-state index in [0.29, 0.717) is 27.0 Å². The molecular formula is C36H35Cl3N2O4. The zero-order valence-corrected chi connectivity index (χ0v) is 27.3. The number of para-hydroxylation sites is 2. The van der Waals surface area contributed by atoms with Crippen LogP contribution in [-0.2, 0) is 20.7 Å². The molecule has 45 heavy (non-hydrogen) atoms. The van der Waals surface area contributed by atoms with E-state index in [2.05, 4.69) is 95.8 Å². The van der Waals surface area contributed by atoms with Crippen molar-refractivity contribution in [1.82, 2.24) is 4.90 Å². The van der Waals surface area contributed by atoms with Gasteiger partial charge < -0.3 is 20.1 Å². The van der Waals surface area contributed by atoms with Gasteiger partial charge in [-0.2, -0.15) is 0 Å². The number of ether oxygens (including phenoxy) is 1. The van der Waals surface area contributed by atoms with E-state index in [4.69, 9.17) is 28.3 Å². The molecule has 0 amide bonds. The van der Waals surface area contributed by atoms with Crippen molar-refractivity contribution in [3.63, 3.8) is 0 Å². The molecule has 0 unspecified atom stereocenters. The molecule has 234 valence electrons. The van der Waals surface area contributed by atoms with Gasteiger partial charge in [-0.15, -0.1) is 12.4 Å². The number of nitrogens with one attached hydrogen (secondary N) is 1. The monoisotopic (exact) mass is 664 g/mol. The first-order valence-electron chi connectivity index (χ1n) is 14.1. The van der Waals surface area contributed by atoms with Crippen molar-refractivity contribution < 1.29 is 19.4 Å². The second kappa shape index (κ2) is 17.4. The third-order valence-corrected chi connectivity index (χ3v) is 7.43.